The second-order valence-corrected chi connectivity index (χ2v) is 5.58. The standard InChI is InChI=1S/C11H10O5.C8H7N3/c1-5-3-7(10(13)14)4-8(11(15)16)9(5)6(2)12;1-4-9-5-2-7(1)8-3-6-10-11-8/h3-4H,1-2H3,(H,13,14)(H,15,16);1-6H,(H,10,11). The van der Waals surface area contributed by atoms with Gasteiger partial charge in [0.1, 0.15) is 0 Å². The van der Waals surface area contributed by atoms with Crippen LogP contribution in [-0.4, -0.2) is 43.1 Å². The van der Waals surface area contributed by atoms with Gasteiger partial charge in [0.25, 0.3) is 0 Å². The fourth-order valence-electron chi connectivity index (χ4n) is 2.49. The largest absolute Gasteiger partial charge is 0.478 e. The van der Waals surface area contributed by atoms with Crippen LogP contribution in [0, 0.1) is 6.92 Å². The molecule has 27 heavy (non-hydrogen) atoms. The zero-order chi connectivity index (χ0) is 20.0. The van der Waals surface area contributed by atoms with Crippen molar-refractivity contribution in [2.75, 3.05) is 0 Å². The molecule has 2 heterocycles. The Balaban J connectivity index is 0.000000206. The van der Waals surface area contributed by atoms with Crippen LogP contribution in [0.1, 0.15) is 43.6 Å². The number of aryl methyl sites for hydroxylation is 1. The predicted molar refractivity (Wildman–Crippen MR) is 96.9 cm³/mol. The number of ketones is 1. The molecule has 0 atom stereocenters. The molecular formula is C19H17N3O5. The van der Waals surface area contributed by atoms with Gasteiger partial charge in [-0.2, -0.15) is 5.10 Å². The van der Waals surface area contributed by atoms with Crippen molar-refractivity contribution in [2.24, 2.45) is 0 Å². The predicted octanol–water partition coefficient (Wildman–Crippen LogP) is 3.07. The summed E-state index contributed by atoms with van der Waals surface area (Å²) in [5.41, 5.74) is 2.03. The molecule has 0 radical (unpaired) electrons. The third-order valence-electron chi connectivity index (χ3n) is 3.64. The first-order valence-corrected chi connectivity index (χ1v) is 7.83. The van der Waals surface area contributed by atoms with Crippen molar-refractivity contribution in [1.29, 1.82) is 0 Å². The number of carbonyl (C=O) groups excluding carboxylic acids is 1. The normalized spacial score (nSPS) is 9.85. The average molecular weight is 367 g/mol. The maximum absolute atomic E-state index is 11.3. The number of Topliss-reactive ketones (excluding diaryl/α,β-unsaturated/α-hetero) is 1. The Morgan fingerprint density at radius 3 is 2.15 bits per heavy atom. The molecule has 0 aliphatic heterocycles. The fourth-order valence-corrected chi connectivity index (χ4v) is 2.49. The van der Waals surface area contributed by atoms with Gasteiger partial charge in [-0.3, -0.25) is 14.9 Å². The Kier molecular flexibility index (Phi) is 6.16. The van der Waals surface area contributed by atoms with Gasteiger partial charge in [-0.15, -0.1) is 0 Å². The molecule has 3 rings (SSSR count). The van der Waals surface area contributed by atoms with Crippen LogP contribution in [0.4, 0.5) is 0 Å². The summed E-state index contributed by atoms with van der Waals surface area (Å²) >= 11 is 0. The molecule has 3 aromatic rings. The third kappa shape index (κ3) is 4.85. The molecule has 8 heteroatoms. The lowest BCUT2D eigenvalue weighted by Gasteiger charge is -2.08. The van der Waals surface area contributed by atoms with E-state index >= 15 is 0 Å². The van der Waals surface area contributed by atoms with Gasteiger partial charge in [0.05, 0.1) is 16.8 Å². The zero-order valence-electron chi connectivity index (χ0n) is 14.6. The van der Waals surface area contributed by atoms with Gasteiger partial charge in [-0.25, -0.2) is 9.59 Å². The smallest absolute Gasteiger partial charge is 0.336 e. The van der Waals surface area contributed by atoms with Crippen molar-refractivity contribution in [3.8, 4) is 11.3 Å². The minimum Gasteiger partial charge on any atom is -0.478 e. The number of carbonyl (C=O) groups is 3. The van der Waals surface area contributed by atoms with E-state index in [1.807, 2.05) is 18.2 Å². The highest BCUT2D eigenvalue weighted by Crippen LogP contribution is 2.18. The first-order valence-electron chi connectivity index (χ1n) is 7.83. The number of aromatic amines is 1. The molecular weight excluding hydrogens is 350 g/mol. The Morgan fingerprint density at radius 2 is 1.67 bits per heavy atom. The molecule has 0 amide bonds. The van der Waals surface area contributed by atoms with E-state index in [9.17, 15) is 14.4 Å². The lowest BCUT2D eigenvalue weighted by atomic mass is 9.96. The van der Waals surface area contributed by atoms with Crippen LogP contribution in [0.5, 0.6) is 0 Å². The number of aromatic nitrogens is 3. The molecule has 0 saturated heterocycles. The number of nitrogens with zero attached hydrogens (tertiary/aromatic N) is 2. The van der Waals surface area contributed by atoms with Gasteiger partial charge in [0, 0.05) is 29.7 Å². The maximum atomic E-state index is 11.3. The third-order valence-corrected chi connectivity index (χ3v) is 3.64. The van der Waals surface area contributed by atoms with Crippen LogP contribution < -0.4 is 0 Å². The van der Waals surface area contributed by atoms with Crippen molar-refractivity contribution in [3.05, 3.63) is 71.2 Å². The Hall–Kier alpha value is -3.81. The highest BCUT2D eigenvalue weighted by Gasteiger charge is 2.19. The fraction of sp³-hybridized carbons (Fsp3) is 0.105. The summed E-state index contributed by atoms with van der Waals surface area (Å²) in [5.74, 6) is -2.93. The zero-order valence-corrected chi connectivity index (χ0v) is 14.6. The highest BCUT2D eigenvalue weighted by atomic mass is 16.4. The molecule has 0 fully saturated rings. The molecule has 3 N–H and O–H groups in total. The second-order valence-electron chi connectivity index (χ2n) is 5.58. The van der Waals surface area contributed by atoms with Crippen LogP contribution >= 0.6 is 0 Å². The molecule has 0 aliphatic rings. The summed E-state index contributed by atoms with van der Waals surface area (Å²) in [6.45, 7) is 2.75. The molecule has 0 saturated carbocycles. The topological polar surface area (TPSA) is 133 Å². The van der Waals surface area contributed by atoms with E-state index in [1.165, 1.54) is 19.9 Å². The van der Waals surface area contributed by atoms with E-state index < -0.39 is 17.7 Å². The van der Waals surface area contributed by atoms with Gasteiger partial charge in [-0.05, 0) is 49.7 Å². The van der Waals surface area contributed by atoms with Gasteiger partial charge < -0.3 is 10.2 Å². The van der Waals surface area contributed by atoms with Crippen molar-refractivity contribution >= 4 is 17.7 Å². The number of aromatic carboxylic acids is 2. The van der Waals surface area contributed by atoms with E-state index in [2.05, 4.69) is 15.2 Å². The number of nitrogens with one attached hydrogen (secondary N) is 1. The van der Waals surface area contributed by atoms with Gasteiger partial charge in [0.2, 0.25) is 0 Å². The van der Waals surface area contributed by atoms with Crippen molar-refractivity contribution in [1.82, 2.24) is 15.2 Å². The molecule has 8 nitrogen and oxygen atoms in total. The molecule has 0 bridgehead atoms. The molecule has 0 spiro atoms. The Labute approximate surface area is 154 Å². The number of H-pyrrole nitrogens is 1. The number of pyridine rings is 1. The lowest BCUT2D eigenvalue weighted by Crippen LogP contribution is -2.11. The average Bonchev–Trinajstić information content (AvgIpc) is 3.16. The SMILES string of the molecule is CC(=O)c1c(C)cc(C(=O)O)cc1C(=O)O.c1cc(-c2cc[nH]n2)ccn1. The summed E-state index contributed by atoms with van der Waals surface area (Å²) in [6, 6.07) is 8.06. The van der Waals surface area contributed by atoms with Crippen LogP contribution in [0.15, 0.2) is 48.9 Å². The maximum Gasteiger partial charge on any atom is 0.336 e. The van der Waals surface area contributed by atoms with Crippen molar-refractivity contribution in [3.63, 3.8) is 0 Å². The number of hydrogen-bond donors (Lipinski definition) is 3. The van der Waals surface area contributed by atoms with Crippen molar-refractivity contribution in [2.45, 2.75) is 13.8 Å². The molecule has 2 aromatic heterocycles. The number of hydrogen-bond acceptors (Lipinski definition) is 5. The molecule has 1 aromatic carbocycles. The van der Waals surface area contributed by atoms with Gasteiger partial charge in [-0.1, -0.05) is 0 Å². The molecule has 0 unspecified atom stereocenters. The van der Waals surface area contributed by atoms with E-state index in [0.29, 0.717) is 5.56 Å². The summed E-state index contributed by atoms with van der Waals surface area (Å²) < 4.78 is 0. The first-order chi connectivity index (χ1) is 12.8. The minimum atomic E-state index is -1.31. The number of carboxylic acid groups (broad SMARTS) is 2. The van der Waals surface area contributed by atoms with E-state index in [1.54, 1.807) is 18.6 Å². The van der Waals surface area contributed by atoms with Crippen LogP contribution in [0.2, 0.25) is 0 Å². The minimum absolute atomic E-state index is 0.0532. The highest BCUT2D eigenvalue weighted by molar-refractivity contribution is 6.07. The van der Waals surface area contributed by atoms with Gasteiger partial charge in [0.15, 0.2) is 5.78 Å². The number of carboxylic acids is 2. The summed E-state index contributed by atoms with van der Waals surface area (Å²) in [5, 5.41) is 24.5. The van der Waals surface area contributed by atoms with Crippen LogP contribution in [0.25, 0.3) is 11.3 Å². The van der Waals surface area contributed by atoms with E-state index in [-0.39, 0.29) is 16.7 Å². The van der Waals surface area contributed by atoms with Crippen LogP contribution in [0.3, 0.4) is 0 Å². The molecule has 138 valence electrons. The summed E-state index contributed by atoms with van der Waals surface area (Å²) in [7, 11) is 0. The van der Waals surface area contributed by atoms with E-state index in [0.717, 1.165) is 17.3 Å². The van der Waals surface area contributed by atoms with Gasteiger partial charge >= 0.3 is 11.9 Å². The Bertz CT molecular complexity index is 967. The second kappa shape index (κ2) is 8.52. The monoisotopic (exact) mass is 367 g/mol. The summed E-state index contributed by atoms with van der Waals surface area (Å²) in [6.07, 6.45) is 5.31. The lowest BCUT2D eigenvalue weighted by molar-refractivity contribution is 0.0692. The first kappa shape index (κ1) is 19.5. The van der Waals surface area contributed by atoms with Crippen molar-refractivity contribution < 1.29 is 24.6 Å². The molecule has 0 aliphatic carbocycles. The number of benzene rings is 1. The summed E-state index contributed by atoms with van der Waals surface area (Å²) in [4.78, 5) is 36.8. The van der Waals surface area contributed by atoms with E-state index in [4.69, 9.17) is 10.2 Å². The quantitative estimate of drug-likeness (QED) is 0.603. The Morgan fingerprint density at radius 1 is 1.00 bits per heavy atom. The number of rotatable bonds is 4. The van der Waals surface area contributed by atoms with Crippen LogP contribution in [-0.2, 0) is 0 Å².